The van der Waals surface area contributed by atoms with Gasteiger partial charge in [-0.15, -0.1) is 0 Å². The van der Waals surface area contributed by atoms with E-state index in [1.165, 1.54) is 11.1 Å². The lowest BCUT2D eigenvalue weighted by molar-refractivity contribution is 0.0258. The van der Waals surface area contributed by atoms with Crippen LogP contribution >= 0.6 is 0 Å². The Bertz CT molecular complexity index is 528. The van der Waals surface area contributed by atoms with E-state index in [9.17, 15) is 0 Å². The quantitative estimate of drug-likeness (QED) is 0.469. The van der Waals surface area contributed by atoms with Crippen molar-refractivity contribution in [3.8, 4) is 0 Å². The van der Waals surface area contributed by atoms with Crippen LogP contribution in [0, 0.1) is 5.92 Å². The minimum absolute atomic E-state index is 0.290. The molecule has 5 nitrogen and oxygen atoms in total. The monoisotopic (exact) mass is 362 g/mol. The molecule has 0 spiro atoms. The third-order valence-electron chi connectivity index (χ3n) is 4.10. The van der Waals surface area contributed by atoms with Crippen molar-refractivity contribution >= 4 is 5.96 Å². The second-order valence-electron chi connectivity index (χ2n) is 7.21. The normalized spacial score (nSPS) is 13.3. The topological polar surface area (TPSA) is 48.9 Å². The van der Waals surface area contributed by atoms with E-state index in [-0.39, 0.29) is 6.10 Å². The van der Waals surface area contributed by atoms with Crippen LogP contribution in [0.1, 0.15) is 45.2 Å². The molecule has 0 aliphatic rings. The minimum atomic E-state index is 0.290. The van der Waals surface area contributed by atoms with E-state index in [4.69, 9.17) is 9.73 Å². The zero-order valence-corrected chi connectivity index (χ0v) is 17.5. The van der Waals surface area contributed by atoms with E-state index < -0.39 is 0 Å². The highest BCUT2D eigenvalue weighted by molar-refractivity contribution is 5.79. The van der Waals surface area contributed by atoms with E-state index >= 15 is 0 Å². The molecule has 0 aliphatic heterocycles. The van der Waals surface area contributed by atoms with Crippen molar-refractivity contribution in [3.63, 3.8) is 0 Å². The van der Waals surface area contributed by atoms with Gasteiger partial charge in [0, 0.05) is 26.2 Å². The number of ether oxygens (including phenoxy) is 1. The van der Waals surface area contributed by atoms with Crippen molar-refractivity contribution in [1.82, 2.24) is 15.5 Å². The highest BCUT2D eigenvalue weighted by Gasteiger charge is 2.12. The standard InChI is InChI=1S/C21H38N4O/c1-7-22-21(23-13-12-20(17(3)4)26-8-2)24-15-18-10-9-11-19(14-18)16-25(5)6/h9-11,14,17,20H,7-8,12-13,15-16H2,1-6H3,(H2,22,23,24). The maximum atomic E-state index is 5.82. The van der Waals surface area contributed by atoms with Crippen molar-refractivity contribution in [3.05, 3.63) is 35.4 Å². The van der Waals surface area contributed by atoms with Crippen molar-refractivity contribution in [2.75, 3.05) is 33.8 Å². The Hall–Kier alpha value is -1.59. The van der Waals surface area contributed by atoms with Crippen molar-refractivity contribution in [2.24, 2.45) is 10.9 Å². The van der Waals surface area contributed by atoms with Crippen LogP contribution in [0.25, 0.3) is 0 Å². The molecule has 2 N–H and O–H groups in total. The van der Waals surface area contributed by atoms with E-state index in [0.29, 0.717) is 12.5 Å². The number of guanidine groups is 1. The smallest absolute Gasteiger partial charge is 0.191 e. The first kappa shape index (κ1) is 22.5. The Kier molecular flexibility index (Phi) is 11.0. The van der Waals surface area contributed by atoms with Gasteiger partial charge in [0.2, 0.25) is 0 Å². The molecule has 0 saturated carbocycles. The summed E-state index contributed by atoms with van der Waals surface area (Å²) in [4.78, 5) is 6.91. The molecule has 0 radical (unpaired) electrons. The summed E-state index contributed by atoms with van der Waals surface area (Å²) in [6.45, 7) is 12.7. The molecule has 5 heteroatoms. The Balaban J connectivity index is 2.60. The Morgan fingerprint density at radius 1 is 1.15 bits per heavy atom. The Morgan fingerprint density at radius 3 is 2.50 bits per heavy atom. The number of nitrogens with zero attached hydrogens (tertiary/aromatic N) is 2. The summed E-state index contributed by atoms with van der Waals surface area (Å²) in [5.74, 6) is 1.39. The predicted molar refractivity (Wildman–Crippen MR) is 112 cm³/mol. The first-order chi connectivity index (χ1) is 12.5. The summed E-state index contributed by atoms with van der Waals surface area (Å²) in [7, 11) is 4.18. The number of nitrogens with one attached hydrogen (secondary N) is 2. The highest BCUT2D eigenvalue weighted by atomic mass is 16.5. The van der Waals surface area contributed by atoms with Gasteiger partial charge in [0.15, 0.2) is 5.96 Å². The summed E-state index contributed by atoms with van der Waals surface area (Å²) in [6, 6.07) is 8.64. The SMILES string of the molecule is CCNC(=NCc1cccc(CN(C)C)c1)NCCC(OCC)C(C)C. The lowest BCUT2D eigenvalue weighted by atomic mass is 10.0. The minimum Gasteiger partial charge on any atom is -0.378 e. The first-order valence-electron chi connectivity index (χ1n) is 9.82. The molecule has 0 saturated heterocycles. The van der Waals surface area contributed by atoms with E-state index in [0.717, 1.165) is 38.6 Å². The predicted octanol–water partition coefficient (Wildman–Crippen LogP) is 3.25. The number of hydrogen-bond donors (Lipinski definition) is 2. The number of hydrogen-bond acceptors (Lipinski definition) is 3. The third-order valence-corrected chi connectivity index (χ3v) is 4.10. The van der Waals surface area contributed by atoms with Crippen LogP contribution in [0.15, 0.2) is 29.3 Å². The fourth-order valence-corrected chi connectivity index (χ4v) is 2.86. The largest absolute Gasteiger partial charge is 0.378 e. The van der Waals surface area contributed by atoms with Gasteiger partial charge in [-0.25, -0.2) is 4.99 Å². The maximum Gasteiger partial charge on any atom is 0.191 e. The van der Waals surface area contributed by atoms with Gasteiger partial charge in [0.05, 0.1) is 12.6 Å². The summed E-state index contributed by atoms with van der Waals surface area (Å²) < 4.78 is 5.82. The van der Waals surface area contributed by atoms with Gasteiger partial charge in [0.25, 0.3) is 0 Å². The molecule has 0 bridgehead atoms. The molecule has 0 amide bonds. The molecule has 0 fully saturated rings. The van der Waals surface area contributed by atoms with Gasteiger partial charge in [-0.05, 0) is 51.4 Å². The average molecular weight is 363 g/mol. The average Bonchev–Trinajstić information content (AvgIpc) is 2.58. The number of rotatable bonds is 11. The molecule has 26 heavy (non-hydrogen) atoms. The van der Waals surface area contributed by atoms with Crippen molar-refractivity contribution in [1.29, 1.82) is 0 Å². The molecular weight excluding hydrogens is 324 g/mol. The van der Waals surface area contributed by atoms with Gasteiger partial charge in [-0.1, -0.05) is 38.1 Å². The molecule has 1 aromatic carbocycles. The van der Waals surface area contributed by atoms with Crippen LogP contribution in [0.2, 0.25) is 0 Å². The van der Waals surface area contributed by atoms with E-state index in [2.05, 4.69) is 81.6 Å². The fraction of sp³-hybridized carbons (Fsp3) is 0.667. The van der Waals surface area contributed by atoms with Crippen LogP contribution in [0.4, 0.5) is 0 Å². The van der Waals surface area contributed by atoms with Crippen LogP contribution in [-0.4, -0.2) is 50.8 Å². The molecule has 0 aliphatic carbocycles. The van der Waals surface area contributed by atoms with Gasteiger partial charge >= 0.3 is 0 Å². The summed E-state index contributed by atoms with van der Waals surface area (Å²) in [5, 5.41) is 6.76. The third kappa shape index (κ3) is 9.20. The molecule has 1 atom stereocenters. The lowest BCUT2D eigenvalue weighted by Gasteiger charge is -2.21. The molecule has 1 unspecified atom stereocenters. The molecule has 0 aromatic heterocycles. The van der Waals surface area contributed by atoms with Gasteiger partial charge < -0.3 is 20.3 Å². The molecule has 148 valence electrons. The number of benzene rings is 1. The molecular formula is C21H38N4O. The van der Waals surface area contributed by atoms with Gasteiger partial charge in [-0.3, -0.25) is 0 Å². The van der Waals surface area contributed by atoms with Gasteiger partial charge in [0.1, 0.15) is 0 Å². The zero-order chi connectivity index (χ0) is 19.4. The van der Waals surface area contributed by atoms with Crippen LogP contribution < -0.4 is 10.6 Å². The Morgan fingerprint density at radius 2 is 1.88 bits per heavy atom. The molecule has 1 aromatic rings. The summed E-state index contributed by atoms with van der Waals surface area (Å²) in [5.41, 5.74) is 2.55. The molecule has 0 heterocycles. The Labute approximate surface area is 160 Å². The first-order valence-corrected chi connectivity index (χ1v) is 9.82. The van der Waals surface area contributed by atoms with Crippen molar-refractivity contribution in [2.45, 2.75) is 53.3 Å². The second kappa shape index (κ2) is 12.7. The van der Waals surface area contributed by atoms with Crippen LogP contribution in [0.3, 0.4) is 0 Å². The highest BCUT2D eigenvalue weighted by Crippen LogP contribution is 2.10. The fourth-order valence-electron chi connectivity index (χ4n) is 2.86. The van der Waals surface area contributed by atoms with Crippen LogP contribution in [0.5, 0.6) is 0 Å². The maximum absolute atomic E-state index is 5.82. The zero-order valence-electron chi connectivity index (χ0n) is 17.5. The van der Waals surface area contributed by atoms with Gasteiger partial charge in [-0.2, -0.15) is 0 Å². The second-order valence-corrected chi connectivity index (χ2v) is 7.21. The van der Waals surface area contributed by atoms with Crippen molar-refractivity contribution < 1.29 is 4.74 Å². The summed E-state index contributed by atoms with van der Waals surface area (Å²) >= 11 is 0. The number of aliphatic imine (C=N–C) groups is 1. The van der Waals surface area contributed by atoms with E-state index in [1.54, 1.807) is 0 Å². The van der Waals surface area contributed by atoms with E-state index in [1.807, 2.05) is 0 Å². The molecule has 1 rings (SSSR count). The lowest BCUT2D eigenvalue weighted by Crippen LogP contribution is -2.39. The van der Waals surface area contributed by atoms with Crippen LogP contribution in [-0.2, 0) is 17.8 Å². The summed E-state index contributed by atoms with van der Waals surface area (Å²) in [6.07, 6.45) is 1.27.